The van der Waals surface area contributed by atoms with Crippen LogP contribution in [0, 0.1) is 0 Å². The molecule has 0 saturated carbocycles. The minimum Gasteiger partial charge on any atom is -0.444 e. The molecule has 3 aromatic rings. The molecule has 0 amide bonds. The lowest BCUT2D eigenvalue weighted by Gasteiger charge is -1.99. The van der Waals surface area contributed by atoms with Crippen molar-refractivity contribution >= 4 is 0 Å². The summed E-state index contributed by atoms with van der Waals surface area (Å²) in [6, 6.07) is 9.83. The van der Waals surface area contributed by atoms with Crippen LogP contribution in [0.25, 0.3) is 5.69 Å². The molecule has 0 radical (unpaired) electrons. The first-order valence-corrected chi connectivity index (χ1v) is 6.96. The third-order valence-electron chi connectivity index (χ3n) is 3.06. The van der Waals surface area contributed by atoms with Crippen molar-refractivity contribution in [3.63, 3.8) is 0 Å². The number of nitrogens with one attached hydrogen (secondary N) is 1. The molecular weight excluding hydrogens is 266 g/mol. The van der Waals surface area contributed by atoms with E-state index in [0.29, 0.717) is 19.0 Å². The Morgan fingerprint density at radius 2 is 2.00 bits per heavy atom. The van der Waals surface area contributed by atoms with E-state index in [1.165, 1.54) is 0 Å². The maximum absolute atomic E-state index is 5.53. The quantitative estimate of drug-likeness (QED) is 0.750. The van der Waals surface area contributed by atoms with Crippen LogP contribution >= 0.6 is 0 Å². The summed E-state index contributed by atoms with van der Waals surface area (Å²) in [7, 11) is 0. The van der Waals surface area contributed by atoms with Gasteiger partial charge in [0.1, 0.15) is 5.76 Å². The predicted octanol–water partition coefficient (Wildman–Crippen LogP) is 2.11. The number of nitrogens with zero attached hydrogens (tertiary/aromatic N) is 4. The van der Waals surface area contributed by atoms with Crippen molar-refractivity contribution < 1.29 is 4.42 Å². The van der Waals surface area contributed by atoms with Crippen LogP contribution in [0.5, 0.6) is 0 Å². The topological polar surface area (TPSA) is 68.8 Å². The molecule has 0 unspecified atom stereocenters. The van der Waals surface area contributed by atoms with Crippen molar-refractivity contribution in [3.05, 3.63) is 60.1 Å². The summed E-state index contributed by atoms with van der Waals surface area (Å²) in [5.74, 6) is 1.60. The fraction of sp³-hybridized carbons (Fsp3) is 0.267. The van der Waals surface area contributed by atoms with Gasteiger partial charge in [-0.25, -0.2) is 4.98 Å². The maximum Gasteiger partial charge on any atom is 0.208 e. The van der Waals surface area contributed by atoms with E-state index in [1.54, 1.807) is 17.2 Å². The first kappa shape index (κ1) is 13.5. The predicted molar refractivity (Wildman–Crippen MR) is 77.8 cm³/mol. The molecule has 0 atom stereocenters. The van der Waals surface area contributed by atoms with E-state index in [-0.39, 0.29) is 0 Å². The zero-order chi connectivity index (χ0) is 14.5. The summed E-state index contributed by atoms with van der Waals surface area (Å²) < 4.78 is 5.53. The molecule has 3 rings (SSSR count). The number of aromatic nitrogens is 4. The van der Waals surface area contributed by atoms with Gasteiger partial charge in [0.2, 0.25) is 5.89 Å². The van der Waals surface area contributed by atoms with Crippen LogP contribution in [0.2, 0.25) is 0 Å². The summed E-state index contributed by atoms with van der Waals surface area (Å²) in [6.45, 7) is 3.24. The van der Waals surface area contributed by atoms with Crippen molar-refractivity contribution in [3.8, 4) is 5.69 Å². The molecule has 0 saturated heterocycles. The Morgan fingerprint density at radius 3 is 2.76 bits per heavy atom. The van der Waals surface area contributed by atoms with Crippen molar-refractivity contribution in [2.75, 3.05) is 0 Å². The maximum atomic E-state index is 5.53. The van der Waals surface area contributed by atoms with Crippen molar-refractivity contribution in [1.82, 2.24) is 25.3 Å². The molecule has 21 heavy (non-hydrogen) atoms. The van der Waals surface area contributed by atoms with Gasteiger partial charge in [0, 0.05) is 13.0 Å². The molecule has 2 heterocycles. The van der Waals surface area contributed by atoms with Gasteiger partial charge in [-0.15, -0.1) is 0 Å². The van der Waals surface area contributed by atoms with Gasteiger partial charge in [0.05, 0.1) is 30.3 Å². The largest absolute Gasteiger partial charge is 0.444 e. The van der Waals surface area contributed by atoms with E-state index in [1.807, 2.05) is 37.3 Å². The molecule has 1 N–H and O–H groups in total. The fourth-order valence-corrected chi connectivity index (χ4v) is 1.95. The third-order valence-corrected chi connectivity index (χ3v) is 3.06. The second kappa shape index (κ2) is 6.32. The van der Waals surface area contributed by atoms with Crippen molar-refractivity contribution in [2.45, 2.75) is 26.4 Å². The molecule has 0 aliphatic heterocycles. The van der Waals surface area contributed by atoms with Crippen LogP contribution in [0.3, 0.4) is 0 Å². The molecule has 2 aromatic heterocycles. The zero-order valence-electron chi connectivity index (χ0n) is 11.9. The van der Waals surface area contributed by atoms with Crippen LogP contribution in [-0.2, 0) is 19.5 Å². The molecule has 0 bridgehead atoms. The van der Waals surface area contributed by atoms with Crippen LogP contribution < -0.4 is 5.32 Å². The highest BCUT2D eigenvalue weighted by Crippen LogP contribution is 2.05. The number of hydrogen-bond acceptors (Lipinski definition) is 5. The third kappa shape index (κ3) is 3.35. The lowest BCUT2D eigenvalue weighted by Crippen LogP contribution is -2.13. The van der Waals surface area contributed by atoms with Gasteiger partial charge in [-0.2, -0.15) is 15.0 Å². The van der Waals surface area contributed by atoms with Gasteiger partial charge in [0.25, 0.3) is 0 Å². The summed E-state index contributed by atoms with van der Waals surface area (Å²) in [6.07, 6.45) is 4.38. The molecule has 6 nitrogen and oxygen atoms in total. The summed E-state index contributed by atoms with van der Waals surface area (Å²) in [5.41, 5.74) is 1.82. The second-order valence-corrected chi connectivity index (χ2v) is 4.64. The Hall–Kier alpha value is -2.47. The minimum atomic E-state index is 0.582. The monoisotopic (exact) mass is 283 g/mol. The normalized spacial score (nSPS) is 10.9. The molecule has 6 heteroatoms. The number of benzene rings is 1. The van der Waals surface area contributed by atoms with E-state index in [4.69, 9.17) is 4.42 Å². The van der Waals surface area contributed by atoms with E-state index < -0.39 is 0 Å². The lowest BCUT2D eigenvalue weighted by atomic mass is 10.3. The van der Waals surface area contributed by atoms with Crippen LogP contribution in [0.4, 0.5) is 0 Å². The highest BCUT2D eigenvalue weighted by atomic mass is 16.4. The molecule has 0 aliphatic carbocycles. The number of hydrogen-bond donors (Lipinski definition) is 1. The average molecular weight is 283 g/mol. The average Bonchev–Trinajstić information content (AvgIpc) is 3.17. The second-order valence-electron chi connectivity index (χ2n) is 4.64. The van der Waals surface area contributed by atoms with Crippen LogP contribution in [0.1, 0.15) is 24.3 Å². The van der Waals surface area contributed by atoms with E-state index in [9.17, 15) is 0 Å². The van der Waals surface area contributed by atoms with Crippen molar-refractivity contribution in [1.29, 1.82) is 0 Å². The van der Waals surface area contributed by atoms with E-state index >= 15 is 0 Å². The molecule has 0 aliphatic rings. The summed E-state index contributed by atoms with van der Waals surface area (Å²) in [5, 5.41) is 11.9. The highest BCUT2D eigenvalue weighted by molar-refractivity contribution is 5.28. The van der Waals surface area contributed by atoms with Gasteiger partial charge in [-0.05, 0) is 12.1 Å². The smallest absolute Gasteiger partial charge is 0.208 e. The van der Waals surface area contributed by atoms with Crippen LogP contribution in [-0.4, -0.2) is 20.0 Å². The fourth-order valence-electron chi connectivity index (χ4n) is 1.95. The number of aryl methyl sites for hydroxylation is 1. The zero-order valence-corrected chi connectivity index (χ0v) is 11.9. The van der Waals surface area contributed by atoms with Gasteiger partial charge in [-0.3, -0.25) is 0 Å². The van der Waals surface area contributed by atoms with E-state index in [0.717, 1.165) is 23.6 Å². The first-order chi connectivity index (χ1) is 10.3. The Kier molecular flexibility index (Phi) is 4.07. The number of para-hydroxylation sites is 1. The minimum absolute atomic E-state index is 0.582. The van der Waals surface area contributed by atoms with Gasteiger partial charge < -0.3 is 9.73 Å². The standard InChI is InChI=1S/C15H17N5O/c1-2-14-10-17-15(21-14)11-16-8-12-9-18-20(19-12)13-6-4-3-5-7-13/h3-7,9-10,16H,2,8,11H2,1H3. The summed E-state index contributed by atoms with van der Waals surface area (Å²) >= 11 is 0. The lowest BCUT2D eigenvalue weighted by molar-refractivity contribution is 0.438. The van der Waals surface area contributed by atoms with Gasteiger partial charge in [-0.1, -0.05) is 25.1 Å². The molecule has 108 valence electrons. The number of rotatable bonds is 6. The SMILES string of the molecule is CCc1cnc(CNCc2cnn(-c3ccccc3)n2)o1. The molecule has 1 aromatic carbocycles. The van der Waals surface area contributed by atoms with Gasteiger partial charge >= 0.3 is 0 Å². The van der Waals surface area contributed by atoms with Gasteiger partial charge in [0.15, 0.2) is 0 Å². The van der Waals surface area contributed by atoms with Crippen LogP contribution in [0.15, 0.2) is 47.1 Å². The summed E-state index contributed by atoms with van der Waals surface area (Å²) in [4.78, 5) is 5.82. The molecule has 0 fully saturated rings. The Balaban J connectivity index is 1.55. The Morgan fingerprint density at radius 1 is 1.14 bits per heavy atom. The van der Waals surface area contributed by atoms with Crippen molar-refractivity contribution in [2.24, 2.45) is 0 Å². The van der Waals surface area contributed by atoms with E-state index in [2.05, 4.69) is 20.5 Å². The Labute approximate surface area is 122 Å². The highest BCUT2D eigenvalue weighted by Gasteiger charge is 2.04. The molecular formula is C15H17N5O. The first-order valence-electron chi connectivity index (χ1n) is 6.96. The Bertz CT molecular complexity index is 689. The molecule has 0 spiro atoms. The number of oxazole rings is 1.